The van der Waals surface area contributed by atoms with Crippen molar-refractivity contribution in [3.8, 4) is 16.9 Å². The Kier molecular flexibility index (Phi) is 6.89. The summed E-state index contributed by atoms with van der Waals surface area (Å²) < 4.78 is 2.32. The van der Waals surface area contributed by atoms with Crippen molar-refractivity contribution in [3.63, 3.8) is 0 Å². The number of hydrogen-bond acceptors (Lipinski definition) is 4. The molecule has 1 aliphatic rings. The maximum absolute atomic E-state index is 6.41. The van der Waals surface area contributed by atoms with Crippen LogP contribution in [0.25, 0.3) is 38.8 Å². The molecule has 232 valence electrons. The number of anilines is 3. The molecule has 8 rings (SSSR count). The van der Waals surface area contributed by atoms with Crippen LogP contribution in [0.15, 0.2) is 134 Å². The Morgan fingerprint density at radius 3 is 2.21 bits per heavy atom. The molecule has 5 nitrogen and oxygen atoms in total. The van der Waals surface area contributed by atoms with Gasteiger partial charge in [0, 0.05) is 22.4 Å². The predicted octanol–water partition coefficient (Wildman–Crippen LogP) is 10.7. The maximum Gasteiger partial charge on any atom is 0.138 e. The number of nitrogens with zero attached hydrogens (tertiary/aromatic N) is 4. The van der Waals surface area contributed by atoms with Crippen LogP contribution >= 0.6 is 0 Å². The minimum atomic E-state index is -0.293. The molecule has 2 aromatic heterocycles. The fraction of sp³-hybridized carbons (Fsp3) is 0.167. The van der Waals surface area contributed by atoms with Gasteiger partial charge in [-0.15, -0.1) is 4.94 Å². The van der Waals surface area contributed by atoms with Crippen LogP contribution in [-0.4, -0.2) is 15.6 Å². The first-order chi connectivity index (χ1) is 22.8. The van der Waals surface area contributed by atoms with E-state index in [1.54, 1.807) is 0 Å². The lowest BCUT2D eigenvalue weighted by Gasteiger charge is -2.28. The average molecular weight is 615 g/mol. The van der Waals surface area contributed by atoms with Crippen molar-refractivity contribution in [2.45, 2.75) is 46.1 Å². The summed E-state index contributed by atoms with van der Waals surface area (Å²) in [5.41, 5.74) is 11.2. The van der Waals surface area contributed by atoms with Crippen molar-refractivity contribution in [2.75, 3.05) is 10.1 Å². The standard InChI is InChI=1S/C42H38N4O/c1-28(2)45-38-19-10-11-20-39(38)46(47-45)33-15-12-14-31(26-33)42(4,5)32-21-22-36-35-17-8-9-18-37(35)44(40(36)27-32)41-25-30(23-24-43-41)34-16-7-6-13-29(34)3/h6-28H,1-5H3. The van der Waals surface area contributed by atoms with E-state index in [-0.39, 0.29) is 11.5 Å². The fourth-order valence-electron chi connectivity index (χ4n) is 6.96. The molecule has 7 aromatic rings. The van der Waals surface area contributed by atoms with E-state index < -0.39 is 0 Å². The SMILES string of the molecule is Cc1ccccc1-c1ccnc(-n2c3ccccc3c3ccc(C(C)(C)c4cccc(N5ON(C(C)C)c6ccccc65)c4)cc32)c1. The lowest BCUT2D eigenvalue weighted by atomic mass is 9.77. The van der Waals surface area contributed by atoms with Crippen LogP contribution < -0.4 is 10.1 Å². The zero-order chi connectivity index (χ0) is 32.3. The lowest BCUT2D eigenvalue weighted by Crippen LogP contribution is -2.31. The van der Waals surface area contributed by atoms with Gasteiger partial charge in [-0.25, -0.2) is 10.0 Å². The van der Waals surface area contributed by atoms with Gasteiger partial charge in [-0.05, 0) is 97.1 Å². The lowest BCUT2D eigenvalue weighted by molar-refractivity contribution is 0.112. The van der Waals surface area contributed by atoms with Gasteiger partial charge in [-0.1, -0.05) is 92.7 Å². The molecular weight excluding hydrogens is 576 g/mol. The van der Waals surface area contributed by atoms with E-state index in [2.05, 4.69) is 167 Å². The van der Waals surface area contributed by atoms with Gasteiger partial charge in [0.05, 0.1) is 34.1 Å². The molecule has 0 saturated heterocycles. The van der Waals surface area contributed by atoms with Gasteiger partial charge in [0.25, 0.3) is 0 Å². The number of aryl methyl sites for hydroxylation is 1. The first kappa shape index (κ1) is 29.0. The average Bonchev–Trinajstić information content (AvgIpc) is 3.65. The second-order valence-corrected chi connectivity index (χ2v) is 13.3. The van der Waals surface area contributed by atoms with Crippen LogP contribution in [-0.2, 0) is 10.4 Å². The molecule has 0 atom stereocenters. The van der Waals surface area contributed by atoms with E-state index in [0.717, 1.165) is 39.5 Å². The third-order valence-corrected chi connectivity index (χ3v) is 9.61. The number of hydrogen-bond donors (Lipinski definition) is 0. The number of aromatic nitrogens is 2. The summed E-state index contributed by atoms with van der Waals surface area (Å²) in [6, 6.07) is 45.7. The first-order valence-corrected chi connectivity index (χ1v) is 16.3. The monoisotopic (exact) mass is 614 g/mol. The Balaban J connectivity index is 1.24. The van der Waals surface area contributed by atoms with Crippen molar-refractivity contribution >= 4 is 38.9 Å². The van der Waals surface area contributed by atoms with Crippen molar-refractivity contribution in [1.29, 1.82) is 0 Å². The summed E-state index contributed by atoms with van der Waals surface area (Å²) in [5.74, 6) is 0.911. The molecule has 0 saturated carbocycles. The van der Waals surface area contributed by atoms with E-state index in [1.165, 1.54) is 33.0 Å². The zero-order valence-electron chi connectivity index (χ0n) is 27.5. The molecule has 5 aromatic carbocycles. The van der Waals surface area contributed by atoms with E-state index >= 15 is 0 Å². The topological polar surface area (TPSA) is 33.5 Å². The molecule has 0 N–H and O–H groups in total. The highest BCUT2D eigenvalue weighted by Crippen LogP contribution is 2.44. The quantitative estimate of drug-likeness (QED) is 0.187. The van der Waals surface area contributed by atoms with Gasteiger partial charge in [-0.3, -0.25) is 4.57 Å². The van der Waals surface area contributed by atoms with Crippen molar-refractivity contribution < 1.29 is 4.94 Å². The first-order valence-electron chi connectivity index (χ1n) is 16.3. The second-order valence-electron chi connectivity index (χ2n) is 13.3. The fourth-order valence-corrected chi connectivity index (χ4v) is 6.96. The Bertz CT molecular complexity index is 2280. The summed E-state index contributed by atoms with van der Waals surface area (Å²) in [4.78, 5) is 11.3. The van der Waals surface area contributed by atoms with E-state index in [9.17, 15) is 0 Å². The van der Waals surface area contributed by atoms with Crippen molar-refractivity contribution in [3.05, 3.63) is 150 Å². The highest BCUT2D eigenvalue weighted by molar-refractivity contribution is 6.09. The Morgan fingerprint density at radius 1 is 0.660 bits per heavy atom. The van der Waals surface area contributed by atoms with E-state index in [4.69, 9.17) is 9.92 Å². The molecule has 5 heteroatoms. The second kappa shape index (κ2) is 11.1. The van der Waals surface area contributed by atoms with Crippen LogP contribution in [0.1, 0.15) is 44.4 Å². The largest absolute Gasteiger partial charge is 0.294 e. The Morgan fingerprint density at radius 2 is 1.38 bits per heavy atom. The van der Waals surface area contributed by atoms with Crippen molar-refractivity contribution in [1.82, 2.24) is 9.55 Å². The molecular formula is C42H38N4O. The Labute approximate surface area is 276 Å². The number of pyridine rings is 1. The summed E-state index contributed by atoms with van der Waals surface area (Å²) in [5, 5.41) is 6.36. The van der Waals surface area contributed by atoms with Gasteiger partial charge >= 0.3 is 0 Å². The van der Waals surface area contributed by atoms with E-state index in [0.29, 0.717) is 0 Å². The zero-order valence-corrected chi connectivity index (χ0v) is 27.5. The highest BCUT2D eigenvalue weighted by atomic mass is 16.8. The van der Waals surface area contributed by atoms with Crippen LogP contribution in [0, 0.1) is 6.92 Å². The summed E-state index contributed by atoms with van der Waals surface area (Å²) >= 11 is 0. The summed E-state index contributed by atoms with van der Waals surface area (Å²) in [7, 11) is 0. The van der Waals surface area contributed by atoms with Crippen LogP contribution in [0.2, 0.25) is 0 Å². The molecule has 47 heavy (non-hydrogen) atoms. The molecule has 0 fully saturated rings. The summed E-state index contributed by atoms with van der Waals surface area (Å²) in [6.07, 6.45) is 1.93. The van der Waals surface area contributed by atoms with Gasteiger partial charge in [0.15, 0.2) is 0 Å². The van der Waals surface area contributed by atoms with E-state index in [1.807, 2.05) is 16.3 Å². The summed E-state index contributed by atoms with van der Waals surface area (Å²) in [6.45, 7) is 11.1. The smallest absolute Gasteiger partial charge is 0.138 e. The molecule has 0 amide bonds. The molecule has 0 spiro atoms. The molecule has 3 heterocycles. The number of para-hydroxylation sites is 3. The minimum absolute atomic E-state index is 0.200. The van der Waals surface area contributed by atoms with Crippen molar-refractivity contribution in [2.24, 2.45) is 0 Å². The normalized spacial score (nSPS) is 13.2. The van der Waals surface area contributed by atoms with Gasteiger partial charge in [-0.2, -0.15) is 5.06 Å². The van der Waals surface area contributed by atoms with Gasteiger partial charge in [0.1, 0.15) is 5.82 Å². The number of fused-ring (bicyclic) bond motifs is 4. The third-order valence-electron chi connectivity index (χ3n) is 9.61. The third kappa shape index (κ3) is 4.77. The number of benzene rings is 5. The Hall–Kier alpha value is -5.39. The number of rotatable bonds is 6. The van der Waals surface area contributed by atoms with Crippen LogP contribution in [0.3, 0.4) is 0 Å². The molecule has 1 aliphatic heterocycles. The van der Waals surface area contributed by atoms with Gasteiger partial charge in [0.2, 0.25) is 0 Å². The molecule has 0 bridgehead atoms. The maximum atomic E-state index is 6.41. The minimum Gasteiger partial charge on any atom is -0.294 e. The van der Waals surface area contributed by atoms with Crippen LogP contribution in [0.4, 0.5) is 17.1 Å². The van der Waals surface area contributed by atoms with Crippen LogP contribution in [0.5, 0.6) is 0 Å². The molecule has 0 unspecified atom stereocenters. The number of hydroxylamine groups is 1. The molecule has 0 aliphatic carbocycles. The predicted molar refractivity (Wildman–Crippen MR) is 195 cm³/mol. The van der Waals surface area contributed by atoms with Gasteiger partial charge < -0.3 is 0 Å². The molecule has 0 radical (unpaired) electrons. The highest BCUT2D eigenvalue weighted by Gasteiger charge is 2.32.